The van der Waals surface area contributed by atoms with Gasteiger partial charge in [-0.2, -0.15) is 18.4 Å². The number of halogens is 3. The zero-order chi connectivity index (χ0) is 14.2. The standard InChI is InChI=1S/C12H21F3N2O/c1-4-11(9-16,17-5-2)7-6-8-18-10(3)12(13,14)15/h10,17H,4-8H2,1-3H3. The maximum Gasteiger partial charge on any atom is 0.414 e. The van der Waals surface area contributed by atoms with Crippen LogP contribution >= 0.6 is 0 Å². The van der Waals surface area contributed by atoms with E-state index in [9.17, 15) is 13.2 Å². The van der Waals surface area contributed by atoms with Crippen molar-refractivity contribution in [2.45, 2.75) is 57.9 Å². The Labute approximate surface area is 106 Å². The summed E-state index contributed by atoms with van der Waals surface area (Å²) >= 11 is 0. The average molecular weight is 266 g/mol. The molecule has 18 heavy (non-hydrogen) atoms. The van der Waals surface area contributed by atoms with Crippen LogP contribution in [0.25, 0.3) is 0 Å². The first kappa shape index (κ1) is 17.2. The second-order valence-corrected chi connectivity index (χ2v) is 4.24. The molecule has 106 valence electrons. The molecule has 0 radical (unpaired) electrons. The third-order valence-corrected chi connectivity index (χ3v) is 2.91. The summed E-state index contributed by atoms with van der Waals surface area (Å²) < 4.78 is 41.2. The Hall–Kier alpha value is -0.800. The van der Waals surface area contributed by atoms with Crippen LogP contribution in [-0.4, -0.2) is 31.0 Å². The number of ether oxygens (including phenoxy) is 1. The summed E-state index contributed by atoms with van der Waals surface area (Å²) in [5, 5.41) is 12.2. The van der Waals surface area contributed by atoms with Gasteiger partial charge in [0.1, 0.15) is 5.54 Å². The van der Waals surface area contributed by atoms with Gasteiger partial charge in [-0.1, -0.05) is 13.8 Å². The smallest absolute Gasteiger partial charge is 0.369 e. The van der Waals surface area contributed by atoms with Gasteiger partial charge < -0.3 is 4.74 Å². The van der Waals surface area contributed by atoms with Crippen molar-refractivity contribution in [1.29, 1.82) is 5.26 Å². The molecule has 6 heteroatoms. The number of nitrogens with zero attached hydrogens (tertiary/aromatic N) is 1. The highest BCUT2D eigenvalue weighted by molar-refractivity contribution is 5.05. The van der Waals surface area contributed by atoms with Crippen LogP contribution in [0.4, 0.5) is 13.2 Å². The van der Waals surface area contributed by atoms with Crippen LogP contribution in [0.1, 0.15) is 40.0 Å². The molecule has 2 unspecified atom stereocenters. The number of hydrogen-bond donors (Lipinski definition) is 1. The van der Waals surface area contributed by atoms with Crippen LogP contribution in [0.15, 0.2) is 0 Å². The van der Waals surface area contributed by atoms with E-state index in [1.807, 2.05) is 13.8 Å². The van der Waals surface area contributed by atoms with E-state index in [0.29, 0.717) is 25.8 Å². The van der Waals surface area contributed by atoms with E-state index in [2.05, 4.69) is 11.4 Å². The van der Waals surface area contributed by atoms with Crippen LogP contribution < -0.4 is 5.32 Å². The van der Waals surface area contributed by atoms with Gasteiger partial charge in [-0.15, -0.1) is 0 Å². The minimum Gasteiger partial charge on any atom is -0.369 e. The van der Waals surface area contributed by atoms with E-state index in [1.54, 1.807) is 0 Å². The fourth-order valence-corrected chi connectivity index (χ4v) is 1.63. The first-order valence-electron chi connectivity index (χ1n) is 6.16. The number of nitrogens with one attached hydrogen (secondary N) is 1. The van der Waals surface area contributed by atoms with Crippen molar-refractivity contribution in [3.63, 3.8) is 0 Å². The normalized spacial score (nSPS) is 16.9. The molecule has 0 amide bonds. The Morgan fingerprint density at radius 3 is 2.33 bits per heavy atom. The third kappa shape index (κ3) is 5.69. The zero-order valence-corrected chi connectivity index (χ0v) is 11.1. The van der Waals surface area contributed by atoms with Crippen molar-refractivity contribution in [2.24, 2.45) is 0 Å². The Balaban J connectivity index is 4.06. The van der Waals surface area contributed by atoms with E-state index >= 15 is 0 Å². The van der Waals surface area contributed by atoms with E-state index in [4.69, 9.17) is 10.00 Å². The van der Waals surface area contributed by atoms with Crippen LogP contribution in [-0.2, 0) is 4.74 Å². The molecule has 0 aliphatic heterocycles. The second kappa shape index (κ2) is 7.59. The molecular weight excluding hydrogens is 245 g/mol. The maximum absolute atomic E-state index is 12.2. The molecule has 0 aliphatic carbocycles. The van der Waals surface area contributed by atoms with Gasteiger partial charge in [0, 0.05) is 6.61 Å². The lowest BCUT2D eigenvalue weighted by Gasteiger charge is -2.26. The van der Waals surface area contributed by atoms with E-state index in [-0.39, 0.29) is 6.61 Å². The highest BCUT2D eigenvalue weighted by Gasteiger charge is 2.36. The summed E-state index contributed by atoms with van der Waals surface area (Å²) in [5.41, 5.74) is -0.653. The molecule has 0 aromatic rings. The molecular formula is C12H21F3N2O. The van der Waals surface area contributed by atoms with E-state index in [0.717, 1.165) is 6.92 Å². The summed E-state index contributed by atoms with van der Waals surface area (Å²) in [6, 6.07) is 2.20. The van der Waals surface area contributed by atoms with Crippen molar-refractivity contribution in [3.8, 4) is 6.07 Å². The molecule has 1 N–H and O–H groups in total. The molecule has 0 fully saturated rings. The highest BCUT2D eigenvalue weighted by Crippen LogP contribution is 2.23. The maximum atomic E-state index is 12.2. The van der Waals surface area contributed by atoms with Gasteiger partial charge in [-0.25, -0.2) is 0 Å². The molecule has 0 spiro atoms. The monoisotopic (exact) mass is 266 g/mol. The van der Waals surface area contributed by atoms with Gasteiger partial charge in [0.05, 0.1) is 6.07 Å². The molecule has 0 aliphatic rings. The Kier molecular flexibility index (Phi) is 7.26. The lowest BCUT2D eigenvalue weighted by atomic mass is 9.92. The minimum atomic E-state index is -4.32. The van der Waals surface area contributed by atoms with Gasteiger partial charge in [-0.3, -0.25) is 5.32 Å². The van der Waals surface area contributed by atoms with Crippen molar-refractivity contribution in [1.82, 2.24) is 5.32 Å². The molecule has 0 aromatic heterocycles. The van der Waals surface area contributed by atoms with Gasteiger partial charge in [-0.05, 0) is 32.7 Å². The van der Waals surface area contributed by atoms with Crippen LogP contribution in [0.3, 0.4) is 0 Å². The summed E-state index contributed by atoms with van der Waals surface area (Å²) in [7, 11) is 0. The number of nitriles is 1. The fraction of sp³-hybridized carbons (Fsp3) is 0.917. The number of hydrogen-bond acceptors (Lipinski definition) is 3. The highest BCUT2D eigenvalue weighted by atomic mass is 19.4. The fourth-order valence-electron chi connectivity index (χ4n) is 1.63. The second-order valence-electron chi connectivity index (χ2n) is 4.24. The van der Waals surface area contributed by atoms with Gasteiger partial charge in [0.2, 0.25) is 0 Å². The number of rotatable bonds is 8. The zero-order valence-electron chi connectivity index (χ0n) is 11.1. The Morgan fingerprint density at radius 1 is 1.33 bits per heavy atom. The molecule has 2 atom stereocenters. The van der Waals surface area contributed by atoms with Crippen molar-refractivity contribution >= 4 is 0 Å². The van der Waals surface area contributed by atoms with Crippen molar-refractivity contribution < 1.29 is 17.9 Å². The molecule has 0 aromatic carbocycles. The lowest BCUT2D eigenvalue weighted by Crippen LogP contribution is -2.43. The number of alkyl halides is 3. The first-order chi connectivity index (χ1) is 8.31. The molecule has 0 heterocycles. The Bertz CT molecular complexity index is 275. The van der Waals surface area contributed by atoms with Crippen molar-refractivity contribution in [2.75, 3.05) is 13.2 Å². The summed E-state index contributed by atoms with van der Waals surface area (Å²) in [5.74, 6) is 0. The van der Waals surface area contributed by atoms with Crippen LogP contribution in [0.5, 0.6) is 0 Å². The summed E-state index contributed by atoms with van der Waals surface area (Å²) in [6.45, 7) is 5.42. The molecule has 0 saturated heterocycles. The van der Waals surface area contributed by atoms with Gasteiger partial charge >= 0.3 is 6.18 Å². The quantitative estimate of drug-likeness (QED) is 0.687. The predicted molar refractivity (Wildman–Crippen MR) is 63.0 cm³/mol. The van der Waals surface area contributed by atoms with E-state index < -0.39 is 17.8 Å². The molecule has 0 bridgehead atoms. The minimum absolute atomic E-state index is 0.00943. The summed E-state index contributed by atoms with van der Waals surface area (Å²) in [6.07, 6.45) is -4.55. The van der Waals surface area contributed by atoms with Gasteiger partial charge in [0.15, 0.2) is 6.10 Å². The van der Waals surface area contributed by atoms with Crippen molar-refractivity contribution in [3.05, 3.63) is 0 Å². The SMILES string of the molecule is CCNC(C#N)(CC)CCCOC(C)C(F)(F)F. The van der Waals surface area contributed by atoms with Gasteiger partial charge in [0.25, 0.3) is 0 Å². The average Bonchev–Trinajstić information content (AvgIpc) is 2.31. The molecule has 0 saturated carbocycles. The largest absolute Gasteiger partial charge is 0.414 e. The molecule has 0 rings (SSSR count). The van der Waals surface area contributed by atoms with E-state index in [1.165, 1.54) is 0 Å². The molecule has 3 nitrogen and oxygen atoms in total. The lowest BCUT2D eigenvalue weighted by molar-refractivity contribution is -0.214. The summed E-state index contributed by atoms with van der Waals surface area (Å²) in [4.78, 5) is 0. The Morgan fingerprint density at radius 2 is 1.94 bits per heavy atom. The third-order valence-electron chi connectivity index (χ3n) is 2.91. The topological polar surface area (TPSA) is 45.0 Å². The predicted octanol–water partition coefficient (Wildman–Crippen LogP) is 3.02. The van der Waals surface area contributed by atoms with Crippen LogP contribution in [0, 0.1) is 11.3 Å². The first-order valence-corrected chi connectivity index (χ1v) is 6.16. The van der Waals surface area contributed by atoms with Crippen LogP contribution in [0.2, 0.25) is 0 Å².